The summed E-state index contributed by atoms with van der Waals surface area (Å²) < 4.78 is 0. The minimum Gasteiger partial charge on any atom is -0.410 e. The summed E-state index contributed by atoms with van der Waals surface area (Å²) in [5, 5.41) is 23.7. The average molecular weight is 290 g/mol. The maximum absolute atomic E-state index is 10.8. The summed E-state index contributed by atoms with van der Waals surface area (Å²) in [6.45, 7) is 0. The molecule has 1 aliphatic carbocycles. The van der Waals surface area contributed by atoms with Crippen molar-refractivity contribution < 1.29 is 10.1 Å². The van der Waals surface area contributed by atoms with Crippen LogP contribution in [0.1, 0.15) is 11.1 Å². The van der Waals surface area contributed by atoms with Gasteiger partial charge in [0.1, 0.15) is 5.71 Å². The van der Waals surface area contributed by atoms with Gasteiger partial charge in [-0.25, -0.2) is 0 Å². The van der Waals surface area contributed by atoms with E-state index in [2.05, 4.69) is 5.16 Å². The number of nitro groups is 1. The third-order valence-electron chi connectivity index (χ3n) is 3.25. The van der Waals surface area contributed by atoms with Gasteiger partial charge in [0.25, 0.3) is 5.69 Å². The van der Waals surface area contributed by atoms with Crippen LogP contribution in [0.25, 0.3) is 11.1 Å². The summed E-state index contributed by atoms with van der Waals surface area (Å²) in [5.74, 6) is 0. The molecule has 1 aliphatic rings. The molecule has 2 aromatic rings. The molecule has 0 unspecified atom stereocenters. The molecule has 6 nitrogen and oxygen atoms in total. The quantitative estimate of drug-likeness (QED) is 0.311. The Morgan fingerprint density at radius 1 is 1.15 bits per heavy atom. The molecule has 0 bridgehead atoms. The van der Waals surface area contributed by atoms with Gasteiger partial charge in [-0.05, 0) is 29.3 Å². The zero-order valence-electron chi connectivity index (χ0n) is 10.0. The van der Waals surface area contributed by atoms with Crippen molar-refractivity contribution >= 4 is 28.7 Å². The van der Waals surface area contributed by atoms with Crippen molar-refractivity contribution in [1.82, 2.24) is 0 Å². The van der Waals surface area contributed by atoms with Crippen LogP contribution >= 0.6 is 11.6 Å². The highest BCUT2D eigenvalue weighted by Crippen LogP contribution is 2.41. The maximum atomic E-state index is 10.8. The molecule has 3 rings (SSSR count). The molecule has 0 aliphatic heterocycles. The van der Waals surface area contributed by atoms with Gasteiger partial charge >= 0.3 is 0 Å². The molecule has 0 fully saturated rings. The third-order valence-corrected chi connectivity index (χ3v) is 3.58. The number of hydrogen-bond acceptors (Lipinski definition) is 5. The molecule has 100 valence electrons. The molecular formula is C13H8ClN3O3. The number of hydrogen-bond donors (Lipinski definition) is 2. The van der Waals surface area contributed by atoms with Gasteiger partial charge in [-0.2, -0.15) is 0 Å². The highest BCUT2D eigenvalue weighted by molar-refractivity contribution is 6.35. The lowest BCUT2D eigenvalue weighted by atomic mass is 10.1. The topological polar surface area (TPSA) is 102 Å². The lowest BCUT2D eigenvalue weighted by Crippen LogP contribution is -2.00. The lowest BCUT2D eigenvalue weighted by molar-refractivity contribution is -0.384. The molecule has 0 radical (unpaired) electrons. The zero-order chi connectivity index (χ0) is 14.4. The molecule has 0 heterocycles. The average Bonchev–Trinajstić information content (AvgIpc) is 2.71. The third kappa shape index (κ3) is 1.62. The van der Waals surface area contributed by atoms with Crippen LogP contribution in [-0.2, 0) is 0 Å². The van der Waals surface area contributed by atoms with Crippen LogP contribution < -0.4 is 5.73 Å². The summed E-state index contributed by atoms with van der Waals surface area (Å²) in [4.78, 5) is 10.3. The van der Waals surface area contributed by atoms with E-state index in [0.29, 0.717) is 21.8 Å². The fourth-order valence-corrected chi connectivity index (χ4v) is 2.50. The fraction of sp³-hybridized carbons (Fsp3) is 0. The summed E-state index contributed by atoms with van der Waals surface area (Å²) in [5.41, 5.74) is 8.83. The second kappa shape index (κ2) is 4.21. The van der Waals surface area contributed by atoms with Crippen molar-refractivity contribution in [2.24, 2.45) is 5.16 Å². The molecule has 20 heavy (non-hydrogen) atoms. The van der Waals surface area contributed by atoms with E-state index in [1.165, 1.54) is 12.1 Å². The van der Waals surface area contributed by atoms with Crippen molar-refractivity contribution in [3.05, 3.63) is 56.6 Å². The summed E-state index contributed by atoms with van der Waals surface area (Å²) in [7, 11) is 0. The van der Waals surface area contributed by atoms with E-state index in [4.69, 9.17) is 17.3 Å². The van der Waals surface area contributed by atoms with Crippen LogP contribution in [0.4, 0.5) is 11.4 Å². The minimum atomic E-state index is -0.500. The van der Waals surface area contributed by atoms with Crippen LogP contribution in [-0.4, -0.2) is 15.8 Å². The van der Waals surface area contributed by atoms with Gasteiger partial charge in [0.15, 0.2) is 0 Å². The predicted octanol–water partition coefficient (Wildman–Crippen LogP) is 3.04. The first-order valence-corrected chi connectivity index (χ1v) is 6.01. The Labute approximate surface area is 118 Å². The number of nitrogen functional groups attached to an aromatic ring is 1. The number of nitrogens with zero attached hydrogens (tertiary/aromatic N) is 2. The molecule has 0 saturated heterocycles. The second-order valence-electron chi connectivity index (χ2n) is 4.35. The molecular weight excluding hydrogens is 282 g/mol. The standard InChI is InChI=1S/C13H8ClN3O3/c14-11-4-8-7-2-1-6(17(19)20)3-9(7)13(16-18)10(8)5-12(11)15/h1-5,18H,15H2/b16-13-. The maximum Gasteiger partial charge on any atom is 0.270 e. The zero-order valence-corrected chi connectivity index (χ0v) is 10.8. The normalized spacial score (nSPS) is 14.2. The Morgan fingerprint density at radius 2 is 1.85 bits per heavy atom. The summed E-state index contributed by atoms with van der Waals surface area (Å²) in [6, 6.07) is 7.63. The molecule has 0 aromatic heterocycles. The van der Waals surface area contributed by atoms with Gasteiger partial charge in [-0.15, -0.1) is 0 Å². The summed E-state index contributed by atoms with van der Waals surface area (Å²) in [6.07, 6.45) is 0. The Morgan fingerprint density at radius 3 is 2.50 bits per heavy atom. The van der Waals surface area contributed by atoms with Crippen molar-refractivity contribution in [3.63, 3.8) is 0 Å². The Kier molecular flexibility index (Phi) is 2.62. The molecule has 0 atom stereocenters. The number of halogens is 1. The van der Waals surface area contributed by atoms with E-state index in [0.717, 1.165) is 11.1 Å². The van der Waals surface area contributed by atoms with Gasteiger partial charge < -0.3 is 10.9 Å². The molecule has 7 heteroatoms. The van der Waals surface area contributed by atoms with E-state index >= 15 is 0 Å². The van der Waals surface area contributed by atoms with Gasteiger partial charge in [0, 0.05) is 23.3 Å². The fourth-order valence-electron chi connectivity index (χ4n) is 2.34. The summed E-state index contributed by atoms with van der Waals surface area (Å²) >= 11 is 6.00. The smallest absolute Gasteiger partial charge is 0.270 e. The molecule has 3 N–H and O–H groups in total. The Hall–Kier alpha value is -2.60. The predicted molar refractivity (Wildman–Crippen MR) is 75.4 cm³/mol. The van der Waals surface area contributed by atoms with Crippen LogP contribution in [0.3, 0.4) is 0 Å². The molecule has 2 aromatic carbocycles. The number of nitrogens with two attached hydrogens (primary N) is 1. The van der Waals surface area contributed by atoms with Gasteiger partial charge in [-0.3, -0.25) is 10.1 Å². The van der Waals surface area contributed by atoms with Crippen molar-refractivity contribution in [2.45, 2.75) is 0 Å². The number of non-ortho nitro benzene ring substituents is 1. The van der Waals surface area contributed by atoms with Crippen LogP contribution in [0, 0.1) is 10.1 Å². The van der Waals surface area contributed by atoms with E-state index in [9.17, 15) is 15.3 Å². The van der Waals surface area contributed by atoms with Crippen molar-refractivity contribution in [2.75, 3.05) is 5.73 Å². The van der Waals surface area contributed by atoms with E-state index < -0.39 is 4.92 Å². The molecule has 0 saturated carbocycles. The van der Waals surface area contributed by atoms with Crippen molar-refractivity contribution in [3.8, 4) is 11.1 Å². The molecule has 0 amide bonds. The van der Waals surface area contributed by atoms with Crippen LogP contribution in [0.15, 0.2) is 35.5 Å². The first-order valence-electron chi connectivity index (χ1n) is 5.63. The minimum absolute atomic E-state index is 0.0724. The number of rotatable bonds is 1. The van der Waals surface area contributed by atoms with Crippen LogP contribution in [0.5, 0.6) is 0 Å². The van der Waals surface area contributed by atoms with E-state index in [1.807, 2.05) is 0 Å². The number of anilines is 1. The highest BCUT2D eigenvalue weighted by atomic mass is 35.5. The largest absolute Gasteiger partial charge is 0.410 e. The van der Waals surface area contributed by atoms with Gasteiger partial charge in [0.2, 0.25) is 0 Å². The second-order valence-corrected chi connectivity index (χ2v) is 4.76. The first kappa shape index (κ1) is 12.4. The highest BCUT2D eigenvalue weighted by Gasteiger charge is 2.28. The lowest BCUT2D eigenvalue weighted by Gasteiger charge is -2.03. The van der Waals surface area contributed by atoms with Crippen molar-refractivity contribution in [1.29, 1.82) is 0 Å². The van der Waals surface area contributed by atoms with Gasteiger partial charge in [-0.1, -0.05) is 16.8 Å². The number of fused-ring (bicyclic) bond motifs is 3. The number of oxime groups is 1. The first-order chi connectivity index (χ1) is 9.52. The van der Waals surface area contributed by atoms with Gasteiger partial charge in [0.05, 0.1) is 15.6 Å². The van der Waals surface area contributed by atoms with E-state index in [-0.39, 0.29) is 11.4 Å². The Bertz CT molecular complexity index is 787. The van der Waals surface area contributed by atoms with Crippen LogP contribution in [0.2, 0.25) is 5.02 Å². The SMILES string of the molecule is Nc1cc2c(cc1Cl)-c1ccc([N+](=O)[O-])cc1/C2=N/O. The monoisotopic (exact) mass is 289 g/mol. The number of nitro benzene ring substituents is 1. The Balaban J connectivity index is 2.32. The number of benzene rings is 2. The molecule has 0 spiro atoms. The van der Waals surface area contributed by atoms with E-state index in [1.54, 1.807) is 18.2 Å².